The van der Waals surface area contributed by atoms with Gasteiger partial charge in [-0.1, -0.05) is 24.3 Å². The SMILES string of the molecule is O=C1CCCC(C(=O)NCc2ccc(-c3cnco3)cc2)N1. The fraction of sp³-hybridized carbons (Fsp3) is 0.312. The quantitative estimate of drug-likeness (QED) is 0.898. The van der Waals surface area contributed by atoms with Crippen molar-refractivity contribution in [3.8, 4) is 11.3 Å². The molecule has 0 aliphatic carbocycles. The van der Waals surface area contributed by atoms with Crippen LogP contribution in [-0.4, -0.2) is 22.8 Å². The second-order valence-electron chi connectivity index (χ2n) is 5.29. The highest BCUT2D eigenvalue weighted by Gasteiger charge is 2.24. The lowest BCUT2D eigenvalue weighted by Gasteiger charge is -2.22. The summed E-state index contributed by atoms with van der Waals surface area (Å²) in [5.41, 5.74) is 1.92. The summed E-state index contributed by atoms with van der Waals surface area (Å²) in [5.74, 6) is 0.524. The molecule has 0 saturated carbocycles. The Morgan fingerprint density at radius 3 is 2.86 bits per heavy atom. The Labute approximate surface area is 127 Å². The molecule has 3 rings (SSSR count). The van der Waals surface area contributed by atoms with Crippen molar-refractivity contribution in [1.29, 1.82) is 0 Å². The highest BCUT2D eigenvalue weighted by molar-refractivity contribution is 5.88. The molecule has 0 radical (unpaired) electrons. The van der Waals surface area contributed by atoms with E-state index in [9.17, 15) is 9.59 Å². The van der Waals surface area contributed by atoms with E-state index in [0.717, 1.165) is 17.5 Å². The van der Waals surface area contributed by atoms with Gasteiger partial charge in [0.1, 0.15) is 6.04 Å². The lowest BCUT2D eigenvalue weighted by atomic mass is 10.0. The van der Waals surface area contributed by atoms with Crippen LogP contribution in [0.1, 0.15) is 24.8 Å². The number of oxazole rings is 1. The molecule has 6 nitrogen and oxygen atoms in total. The average Bonchev–Trinajstić information content (AvgIpc) is 3.07. The van der Waals surface area contributed by atoms with Crippen molar-refractivity contribution >= 4 is 11.8 Å². The van der Waals surface area contributed by atoms with Gasteiger partial charge in [0.15, 0.2) is 12.2 Å². The maximum atomic E-state index is 12.0. The van der Waals surface area contributed by atoms with Gasteiger partial charge in [-0.3, -0.25) is 9.59 Å². The Balaban J connectivity index is 1.55. The molecule has 1 aliphatic rings. The summed E-state index contributed by atoms with van der Waals surface area (Å²) in [6.45, 7) is 0.432. The van der Waals surface area contributed by atoms with Crippen molar-refractivity contribution in [2.24, 2.45) is 0 Å². The molecule has 2 heterocycles. The number of rotatable bonds is 4. The summed E-state index contributed by atoms with van der Waals surface area (Å²) in [5, 5.41) is 5.56. The molecule has 0 bridgehead atoms. The first-order chi connectivity index (χ1) is 10.7. The fourth-order valence-corrected chi connectivity index (χ4v) is 2.46. The van der Waals surface area contributed by atoms with Gasteiger partial charge in [0.2, 0.25) is 11.8 Å². The molecule has 114 valence electrons. The number of nitrogens with zero attached hydrogens (tertiary/aromatic N) is 1. The van der Waals surface area contributed by atoms with Crippen LogP contribution in [0.15, 0.2) is 41.3 Å². The molecule has 1 atom stereocenters. The number of hydrogen-bond donors (Lipinski definition) is 2. The van der Waals surface area contributed by atoms with Crippen LogP contribution in [0.2, 0.25) is 0 Å². The second-order valence-corrected chi connectivity index (χ2v) is 5.29. The molecule has 2 N–H and O–H groups in total. The van der Waals surface area contributed by atoms with Crippen LogP contribution in [0.3, 0.4) is 0 Å². The van der Waals surface area contributed by atoms with E-state index >= 15 is 0 Å². The lowest BCUT2D eigenvalue weighted by molar-refractivity contribution is -0.131. The van der Waals surface area contributed by atoms with Crippen LogP contribution < -0.4 is 10.6 Å². The van der Waals surface area contributed by atoms with E-state index in [4.69, 9.17) is 4.42 Å². The van der Waals surface area contributed by atoms with Crippen molar-refractivity contribution in [2.75, 3.05) is 0 Å². The minimum absolute atomic E-state index is 0.0530. The Kier molecular flexibility index (Phi) is 4.18. The molecule has 2 aromatic rings. The number of amides is 2. The number of benzene rings is 1. The maximum Gasteiger partial charge on any atom is 0.242 e. The lowest BCUT2D eigenvalue weighted by Crippen LogP contribution is -2.48. The second kappa shape index (κ2) is 6.43. The Hall–Kier alpha value is -2.63. The highest BCUT2D eigenvalue weighted by Crippen LogP contribution is 2.18. The fourth-order valence-electron chi connectivity index (χ4n) is 2.46. The molecule has 2 amide bonds. The topological polar surface area (TPSA) is 84.2 Å². The van der Waals surface area contributed by atoms with Gasteiger partial charge in [-0.05, 0) is 18.4 Å². The summed E-state index contributed by atoms with van der Waals surface area (Å²) < 4.78 is 5.23. The third-order valence-electron chi connectivity index (χ3n) is 3.69. The van der Waals surface area contributed by atoms with Gasteiger partial charge in [-0.15, -0.1) is 0 Å². The molecule has 1 fully saturated rings. The zero-order valence-corrected chi connectivity index (χ0v) is 12.0. The zero-order valence-electron chi connectivity index (χ0n) is 12.0. The number of nitrogens with one attached hydrogen (secondary N) is 2. The van der Waals surface area contributed by atoms with E-state index in [0.29, 0.717) is 25.1 Å². The van der Waals surface area contributed by atoms with Crippen molar-refractivity contribution in [3.63, 3.8) is 0 Å². The van der Waals surface area contributed by atoms with Gasteiger partial charge in [-0.25, -0.2) is 4.98 Å². The molecule has 1 saturated heterocycles. The van der Waals surface area contributed by atoms with E-state index in [2.05, 4.69) is 15.6 Å². The number of hydrogen-bond acceptors (Lipinski definition) is 4. The molecule has 1 aromatic heterocycles. The van der Waals surface area contributed by atoms with E-state index < -0.39 is 6.04 Å². The third kappa shape index (κ3) is 3.33. The van der Waals surface area contributed by atoms with Crippen LogP contribution in [0.25, 0.3) is 11.3 Å². The minimum atomic E-state index is -0.408. The summed E-state index contributed by atoms with van der Waals surface area (Å²) >= 11 is 0. The predicted molar refractivity (Wildman–Crippen MR) is 79.6 cm³/mol. The predicted octanol–water partition coefficient (Wildman–Crippen LogP) is 1.63. The first-order valence-electron chi connectivity index (χ1n) is 7.27. The van der Waals surface area contributed by atoms with E-state index in [1.807, 2.05) is 24.3 Å². The zero-order chi connectivity index (χ0) is 15.4. The Morgan fingerprint density at radius 1 is 1.36 bits per heavy atom. The normalized spacial score (nSPS) is 17.8. The van der Waals surface area contributed by atoms with Crippen molar-refractivity contribution in [2.45, 2.75) is 31.8 Å². The van der Waals surface area contributed by atoms with Crippen LogP contribution in [0.4, 0.5) is 0 Å². The summed E-state index contributed by atoms with van der Waals surface area (Å²) in [6, 6.07) is 7.29. The van der Waals surface area contributed by atoms with Gasteiger partial charge in [-0.2, -0.15) is 0 Å². The van der Waals surface area contributed by atoms with Gasteiger partial charge >= 0.3 is 0 Å². The van der Waals surface area contributed by atoms with Gasteiger partial charge in [0.05, 0.1) is 6.20 Å². The van der Waals surface area contributed by atoms with E-state index in [1.165, 1.54) is 6.39 Å². The number of carbonyl (C=O) groups excluding carboxylic acids is 2. The minimum Gasteiger partial charge on any atom is -0.444 e. The third-order valence-corrected chi connectivity index (χ3v) is 3.69. The Bertz CT molecular complexity index is 650. The molecule has 1 aromatic carbocycles. The number of carbonyl (C=O) groups is 2. The van der Waals surface area contributed by atoms with Crippen molar-refractivity contribution in [3.05, 3.63) is 42.4 Å². The maximum absolute atomic E-state index is 12.0. The molecule has 0 spiro atoms. The first kappa shape index (κ1) is 14.3. The van der Waals surface area contributed by atoms with Crippen LogP contribution in [0.5, 0.6) is 0 Å². The largest absolute Gasteiger partial charge is 0.444 e. The molecule has 22 heavy (non-hydrogen) atoms. The van der Waals surface area contributed by atoms with E-state index in [-0.39, 0.29) is 11.8 Å². The molecule has 1 unspecified atom stereocenters. The summed E-state index contributed by atoms with van der Waals surface area (Å²) in [4.78, 5) is 27.2. The highest BCUT2D eigenvalue weighted by atomic mass is 16.3. The molecule has 6 heteroatoms. The molecular weight excluding hydrogens is 282 g/mol. The van der Waals surface area contributed by atoms with Crippen molar-refractivity contribution < 1.29 is 14.0 Å². The molecule has 1 aliphatic heterocycles. The van der Waals surface area contributed by atoms with Gasteiger partial charge in [0.25, 0.3) is 0 Å². The standard InChI is InChI=1S/C16H17N3O3/c20-15-3-1-2-13(19-15)16(21)18-8-11-4-6-12(7-5-11)14-9-17-10-22-14/h4-7,9-10,13H,1-3,8H2,(H,18,21)(H,19,20). The van der Waals surface area contributed by atoms with Crippen LogP contribution in [0, 0.1) is 0 Å². The average molecular weight is 299 g/mol. The number of aromatic nitrogens is 1. The Morgan fingerprint density at radius 2 is 2.18 bits per heavy atom. The summed E-state index contributed by atoms with van der Waals surface area (Å²) in [7, 11) is 0. The van der Waals surface area contributed by atoms with Crippen LogP contribution in [-0.2, 0) is 16.1 Å². The monoisotopic (exact) mass is 299 g/mol. The van der Waals surface area contributed by atoms with Gasteiger partial charge in [0, 0.05) is 18.5 Å². The summed E-state index contributed by atoms with van der Waals surface area (Å²) in [6.07, 6.45) is 5.01. The smallest absolute Gasteiger partial charge is 0.242 e. The first-order valence-corrected chi connectivity index (χ1v) is 7.27. The van der Waals surface area contributed by atoms with Gasteiger partial charge < -0.3 is 15.1 Å². The van der Waals surface area contributed by atoms with E-state index in [1.54, 1.807) is 6.20 Å². The van der Waals surface area contributed by atoms with Crippen LogP contribution >= 0.6 is 0 Å². The molecular formula is C16H17N3O3. The van der Waals surface area contributed by atoms with Crippen molar-refractivity contribution in [1.82, 2.24) is 15.6 Å². The number of piperidine rings is 1.